The standard InChI is InChI=1S/C12H15ClN2O3/c1-12(3-2-4-18-7-12)15-10-6-8(11(16)17)5-9(13)14-10/h5-6H,2-4,7H2,1H3,(H,14,15)(H,16,17). The molecule has 1 aliphatic rings. The molecule has 6 heteroatoms. The third kappa shape index (κ3) is 3.11. The van der Waals surface area contributed by atoms with E-state index in [-0.39, 0.29) is 16.3 Å². The topological polar surface area (TPSA) is 71.5 Å². The van der Waals surface area contributed by atoms with E-state index in [1.165, 1.54) is 12.1 Å². The fourth-order valence-corrected chi connectivity index (χ4v) is 2.23. The number of nitrogens with one attached hydrogen (secondary N) is 1. The van der Waals surface area contributed by atoms with Crippen LogP contribution in [0.25, 0.3) is 0 Å². The molecule has 98 valence electrons. The highest BCUT2D eigenvalue weighted by molar-refractivity contribution is 6.29. The first kappa shape index (κ1) is 13.1. The molecule has 2 heterocycles. The van der Waals surface area contributed by atoms with Crippen LogP contribution in [0.5, 0.6) is 0 Å². The van der Waals surface area contributed by atoms with Crippen molar-refractivity contribution in [2.45, 2.75) is 25.3 Å². The predicted molar refractivity (Wildman–Crippen MR) is 68.3 cm³/mol. The van der Waals surface area contributed by atoms with E-state index < -0.39 is 5.97 Å². The van der Waals surface area contributed by atoms with Crippen LogP contribution in [0.15, 0.2) is 12.1 Å². The lowest BCUT2D eigenvalue weighted by atomic mass is 9.95. The van der Waals surface area contributed by atoms with Gasteiger partial charge in [-0.3, -0.25) is 0 Å². The second-order valence-electron chi connectivity index (χ2n) is 4.71. The third-order valence-corrected chi connectivity index (χ3v) is 3.10. The van der Waals surface area contributed by atoms with Gasteiger partial charge in [0.1, 0.15) is 11.0 Å². The molecule has 0 aromatic carbocycles. The number of anilines is 1. The Balaban J connectivity index is 2.20. The van der Waals surface area contributed by atoms with Gasteiger partial charge in [-0.2, -0.15) is 0 Å². The molecule has 2 rings (SSSR count). The number of pyridine rings is 1. The SMILES string of the molecule is CC1(Nc2cc(C(=O)O)cc(Cl)n2)CCCOC1. The van der Waals surface area contributed by atoms with Crippen LogP contribution in [-0.4, -0.2) is 34.8 Å². The summed E-state index contributed by atoms with van der Waals surface area (Å²) in [5.41, 5.74) is -0.107. The Kier molecular flexibility index (Phi) is 3.73. The number of carboxylic acid groups (broad SMARTS) is 1. The number of aromatic nitrogens is 1. The van der Waals surface area contributed by atoms with Crippen molar-refractivity contribution in [1.29, 1.82) is 0 Å². The van der Waals surface area contributed by atoms with E-state index in [1.54, 1.807) is 0 Å². The van der Waals surface area contributed by atoms with Gasteiger partial charge in [0.2, 0.25) is 0 Å². The molecular weight excluding hydrogens is 256 g/mol. The number of hydrogen-bond acceptors (Lipinski definition) is 4. The van der Waals surface area contributed by atoms with Gasteiger partial charge in [-0.1, -0.05) is 11.6 Å². The molecule has 0 radical (unpaired) electrons. The molecule has 5 nitrogen and oxygen atoms in total. The molecule has 0 amide bonds. The number of carbonyl (C=O) groups is 1. The number of nitrogens with zero attached hydrogens (tertiary/aromatic N) is 1. The Morgan fingerprint density at radius 3 is 3.00 bits per heavy atom. The van der Waals surface area contributed by atoms with Gasteiger partial charge in [0.25, 0.3) is 0 Å². The van der Waals surface area contributed by atoms with E-state index in [1.807, 2.05) is 6.92 Å². The molecule has 0 aliphatic carbocycles. The number of carboxylic acids is 1. The van der Waals surface area contributed by atoms with Crippen LogP contribution < -0.4 is 5.32 Å². The normalized spacial score (nSPS) is 23.7. The largest absolute Gasteiger partial charge is 0.478 e. The monoisotopic (exact) mass is 270 g/mol. The van der Waals surface area contributed by atoms with E-state index >= 15 is 0 Å². The van der Waals surface area contributed by atoms with Gasteiger partial charge in [-0.15, -0.1) is 0 Å². The first-order chi connectivity index (χ1) is 8.48. The van der Waals surface area contributed by atoms with Crippen LogP contribution in [0.2, 0.25) is 5.15 Å². The molecule has 1 fully saturated rings. The highest BCUT2D eigenvalue weighted by Crippen LogP contribution is 2.24. The molecule has 1 atom stereocenters. The Labute approximate surface area is 110 Å². The molecule has 1 aromatic heterocycles. The summed E-state index contributed by atoms with van der Waals surface area (Å²) < 4.78 is 5.43. The summed E-state index contributed by atoms with van der Waals surface area (Å²) in [6, 6.07) is 2.81. The number of ether oxygens (including phenoxy) is 1. The van der Waals surface area contributed by atoms with Crippen molar-refractivity contribution in [2.24, 2.45) is 0 Å². The number of rotatable bonds is 3. The van der Waals surface area contributed by atoms with Crippen LogP contribution in [-0.2, 0) is 4.74 Å². The lowest BCUT2D eigenvalue weighted by Crippen LogP contribution is -2.43. The summed E-state index contributed by atoms with van der Waals surface area (Å²) in [7, 11) is 0. The second-order valence-corrected chi connectivity index (χ2v) is 5.10. The first-order valence-corrected chi connectivity index (χ1v) is 6.13. The highest BCUT2D eigenvalue weighted by atomic mass is 35.5. The Morgan fingerprint density at radius 1 is 1.61 bits per heavy atom. The maximum atomic E-state index is 10.9. The molecule has 0 saturated carbocycles. The minimum atomic E-state index is -1.02. The van der Waals surface area contributed by atoms with Crippen LogP contribution in [0.3, 0.4) is 0 Å². The lowest BCUT2D eigenvalue weighted by molar-refractivity contribution is 0.0539. The molecule has 1 aromatic rings. The zero-order valence-corrected chi connectivity index (χ0v) is 10.8. The summed E-state index contributed by atoms with van der Waals surface area (Å²) >= 11 is 5.81. The van der Waals surface area contributed by atoms with Crippen LogP contribution in [0.4, 0.5) is 5.82 Å². The van der Waals surface area contributed by atoms with E-state index in [2.05, 4.69) is 10.3 Å². The molecular formula is C12H15ClN2O3. The molecule has 2 N–H and O–H groups in total. The minimum absolute atomic E-state index is 0.123. The molecule has 0 spiro atoms. The zero-order chi connectivity index (χ0) is 13.2. The summed E-state index contributed by atoms with van der Waals surface area (Å²) in [4.78, 5) is 15.0. The van der Waals surface area contributed by atoms with Gasteiger partial charge in [-0.25, -0.2) is 9.78 Å². The van der Waals surface area contributed by atoms with Crippen LogP contribution >= 0.6 is 11.6 Å². The van der Waals surface area contributed by atoms with Gasteiger partial charge in [0.15, 0.2) is 0 Å². The summed E-state index contributed by atoms with van der Waals surface area (Å²) in [5.74, 6) is -0.555. The van der Waals surface area contributed by atoms with Gasteiger partial charge in [0.05, 0.1) is 17.7 Å². The van der Waals surface area contributed by atoms with Crippen molar-refractivity contribution in [3.05, 3.63) is 22.8 Å². The molecule has 1 saturated heterocycles. The number of halogens is 1. The van der Waals surface area contributed by atoms with Gasteiger partial charge >= 0.3 is 5.97 Å². The van der Waals surface area contributed by atoms with Crippen molar-refractivity contribution in [3.63, 3.8) is 0 Å². The highest BCUT2D eigenvalue weighted by Gasteiger charge is 2.28. The summed E-state index contributed by atoms with van der Waals surface area (Å²) in [5, 5.41) is 12.3. The number of aromatic carboxylic acids is 1. The third-order valence-electron chi connectivity index (χ3n) is 2.91. The average Bonchev–Trinajstić information content (AvgIpc) is 2.28. The second kappa shape index (κ2) is 5.12. The van der Waals surface area contributed by atoms with Crippen LogP contribution in [0, 0.1) is 0 Å². The van der Waals surface area contributed by atoms with Crippen molar-refractivity contribution in [1.82, 2.24) is 4.98 Å². The molecule has 0 bridgehead atoms. The maximum Gasteiger partial charge on any atom is 0.335 e. The molecule has 1 aliphatic heterocycles. The Hall–Kier alpha value is -1.33. The summed E-state index contributed by atoms with van der Waals surface area (Å²) in [6.45, 7) is 3.36. The van der Waals surface area contributed by atoms with E-state index in [0.29, 0.717) is 12.4 Å². The average molecular weight is 271 g/mol. The molecule has 1 unspecified atom stereocenters. The van der Waals surface area contributed by atoms with Crippen molar-refractivity contribution in [3.8, 4) is 0 Å². The van der Waals surface area contributed by atoms with Gasteiger partial charge in [-0.05, 0) is 31.9 Å². The quantitative estimate of drug-likeness (QED) is 0.826. The van der Waals surface area contributed by atoms with Gasteiger partial charge in [0, 0.05) is 6.61 Å². The van der Waals surface area contributed by atoms with E-state index in [9.17, 15) is 4.79 Å². The Bertz CT molecular complexity index is 459. The van der Waals surface area contributed by atoms with Crippen LogP contribution in [0.1, 0.15) is 30.1 Å². The van der Waals surface area contributed by atoms with E-state index in [4.69, 9.17) is 21.4 Å². The maximum absolute atomic E-state index is 10.9. The smallest absolute Gasteiger partial charge is 0.335 e. The zero-order valence-electron chi connectivity index (χ0n) is 10.1. The Morgan fingerprint density at radius 2 is 2.39 bits per heavy atom. The minimum Gasteiger partial charge on any atom is -0.478 e. The van der Waals surface area contributed by atoms with Crippen molar-refractivity contribution in [2.75, 3.05) is 18.5 Å². The first-order valence-electron chi connectivity index (χ1n) is 5.75. The van der Waals surface area contributed by atoms with Crippen molar-refractivity contribution >= 4 is 23.4 Å². The van der Waals surface area contributed by atoms with E-state index in [0.717, 1.165) is 19.4 Å². The van der Waals surface area contributed by atoms with Crippen molar-refractivity contribution < 1.29 is 14.6 Å². The fourth-order valence-electron chi connectivity index (χ4n) is 2.03. The summed E-state index contributed by atoms with van der Waals surface area (Å²) in [6.07, 6.45) is 1.92. The predicted octanol–water partition coefficient (Wildman–Crippen LogP) is 2.41. The number of hydrogen-bond donors (Lipinski definition) is 2. The molecule has 18 heavy (non-hydrogen) atoms. The fraction of sp³-hybridized carbons (Fsp3) is 0.500. The van der Waals surface area contributed by atoms with Gasteiger partial charge < -0.3 is 15.2 Å². The lowest BCUT2D eigenvalue weighted by Gasteiger charge is -2.34.